The molecule has 0 aromatic carbocycles. The van der Waals surface area contributed by atoms with E-state index in [1.54, 1.807) is 12.3 Å². The van der Waals surface area contributed by atoms with Gasteiger partial charge in [0.25, 0.3) is 5.91 Å². The van der Waals surface area contributed by atoms with Gasteiger partial charge in [-0.1, -0.05) is 13.8 Å². The number of pyridine rings is 1. The maximum atomic E-state index is 12.7. The van der Waals surface area contributed by atoms with Crippen molar-refractivity contribution in [3.8, 4) is 5.88 Å². The Morgan fingerprint density at radius 3 is 2.81 bits per heavy atom. The van der Waals surface area contributed by atoms with Crippen LogP contribution >= 0.6 is 11.8 Å². The number of thioether (sulfide) groups is 1. The predicted octanol–water partition coefficient (Wildman–Crippen LogP) is 3.23. The molecule has 1 atom stereocenters. The number of nitrogens with zero attached hydrogens (tertiary/aromatic N) is 2. The molecule has 1 amide bonds. The van der Waals surface area contributed by atoms with E-state index in [2.05, 4.69) is 18.8 Å². The second-order valence-electron chi connectivity index (χ2n) is 5.25. The average molecular weight is 308 g/mol. The third-order valence-electron chi connectivity index (χ3n) is 3.44. The highest BCUT2D eigenvalue weighted by atomic mass is 32.2. The van der Waals surface area contributed by atoms with Crippen LogP contribution in [-0.4, -0.2) is 46.5 Å². The molecule has 0 bridgehead atoms. The van der Waals surface area contributed by atoms with Crippen molar-refractivity contribution in [2.45, 2.75) is 39.2 Å². The summed E-state index contributed by atoms with van der Waals surface area (Å²) >= 11 is 1.89. The van der Waals surface area contributed by atoms with Crippen LogP contribution in [-0.2, 0) is 0 Å². The Labute approximate surface area is 131 Å². The normalized spacial score (nSPS) is 17.7. The van der Waals surface area contributed by atoms with Crippen molar-refractivity contribution < 1.29 is 9.53 Å². The number of hydrogen-bond acceptors (Lipinski definition) is 4. The number of amides is 1. The van der Waals surface area contributed by atoms with Crippen molar-refractivity contribution in [1.82, 2.24) is 9.88 Å². The third-order valence-corrected chi connectivity index (χ3v) is 4.57. The van der Waals surface area contributed by atoms with E-state index < -0.39 is 0 Å². The van der Waals surface area contributed by atoms with E-state index in [9.17, 15) is 4.79 Å². The van der Waals surface area contributed by atoms with Crippen LogP contribution in [0.25, 0.3) is 0 Å². The van der Waals surface area contributed by atoms with Gasteiger partial charge in [-0.3, -0.25) is 4.79 Å². The van der Waals surface area contributed by atoms with Gasteiger partial charge in [0.15, 0.2) is 0 Å². The van der Waals surface area contributed by atoms with Gasteiger partial charge >= 0.3 is 0 Å². The summed E-state index contributed by atoms with van der Waals surface area (Å²) in [6.45, 7) is 5.74. The number of carbonyl (C=O) groups excluding carboxylic acids is 1. The highest BCUT2D eigenvalue weighted by Gasteiger charge is 2.23. The lowest BCUT2D eigenvalue weighted by atomic mass is 10.2. The van der Waals surface area contributed by atoms with E-state index in [4.69, 9.17) is 4.74 Å². The molecule has 1 aromatic rings. The van der Waals surface area contributed by atoms with Crippen LogP contribution in [0.4, 0.5) is 0 Å². The molecule has 1 unspecified atom stereocenters. The Hall–Kier alpha value is -1.23. The van der Waals surface area contributed by atoms with E-state index in [1.165, 1.54) is 0 Å². The first-order valence-corrected chi connectivity index (χ1v) is 8.90. The standard InChI is InChI=1S/C16H24N2O2S/c1-3-9-18(10-4-2)16(19)14-6-5-8-17-15(14)20-13-7-11-21-12-13/h5-6,8,13H,3-4,7,9-12H2,1-2H3. The summed E-state index contributed by atoms with van der Waals surface area (Å²) in [6.07, 6.45) is 4.83. The minimum Gasteiger partial charge on any atom is -0.473 e. The molecule has 0 N–H and O–H groups in total. The fourth-order valence-corrected chi connectivity index (χ4v) is 3.53. The van der Waals surface area contributed by atoms with E-state index in [0.717, 1.165) is 43.9 Å². The molecule has 0 aliphatic carbocycles. The summed E-state index contributed by atoms with van der Waals surface area (Å²) in [5, 5.41) is 0. The van der Waals surface area contributed by atoms with Crippen molar-refractivity contribution in [1.29, 1.82) is 0 Å². The summed E-state index contributed by atoms with van der Waals surface area (Å²) < 4.78 is 5.95. The van der Waals surface area contributed by atoms with Crippen molar-refractivity contribution in [2.75, 3.05) is 24.6 Å². The number of ether oxygens (including phenoxy) is 1. The molecule has 5 heteroatoms. The average Bonchev–Trinajstić information content (AvgIpc) is 3.00. The molecule has 1 fully saturated rings. The largest absolute Gasteiger partial charge is 0.473 e. The molecule has 116 valence electrons. The lowest BCUT2D eigenvalue weighted by molar-refractivity contribution is 0.0747. The first-order chi connectivity index (χ1) is 10.3. The molecule has 0 radical (unpaired) electrons. The van der Waals surface area contributed by atoms with Crippen molar-refractivity contribution >= 4 is 17.7 Å². The minimum atomic E-state index is 0.0347. The highest BCUT2D eigenvalue weighted by Crippen LogP contribution is 2.25. The summed E-state index contributed by atoms with van der Waals surface area (Å²) in [5.74, 6) is 2.64. The molecule has 0 spiro atoms. The minimum absolute atomic E-state index is 0.0347. The zero-order valence-corrected chi connectivity index (χ0v) is 13.7. The van der Waals surface area contributed by atoms with E-state index in [-0.39, 0.29) is 12.0 Å². The summed E-state index contributed by atoms with van der Waals surface area (Å²) in [5.41, 5.74) is 0.594. The maximum absolute atomic E-state index is 12.7. The fraction of sp³-hybridized carbons (Fsp3) is 0.625. The Morgan fingerprint density at radius 2 is 2.19 bits per heavy atom. The topological polar surface area (TPSA) is 42.4 Å². The second kappa shape index (κ2) is 8.27. The van der Waals surface area contributed by atoms with Crippen molar-refractivity contribution in [2.24, 2.45) is 0 Å². The van der Waals surface area contributed by atoms with Crippen molar-refractivity contribution in [3.63, 3.8) is 0 Å². The van der Waals surface area contributed by atoms with E-state index in [0.29, 0.717) is 11.4 Å². The molecule has 4 nitrogen and oxygen atoms in total. The number of carbonyl (C=O) groups is 1. The van der Waals surface area contributed by atoms with Gasteiger partial charge in [0.05, 0.1) is 0 Å². The number of hydrogen-bond donors (Lipinski definition) is 0. The molecule has 1 aromatic heterocycles. The summed E-state index contributed by atoms with van der Waals surface area (Å²) in [7, 11) is 0. The van der Waals surface area contributed by atoms with Gasteiger partial charge in [-0.15, -0.1) is 0 Å². The zero-order valence-electron chi connectivity index (χ0n) is 12.9. The van der Waals surface area contributed by atoms with Gasteiger partial charge in [-0.25, -0.2) is 4.98 Å². The lowest BCUT2D eigenvalue weighted by Gasteiger charge is -2.23. The van der Waals surface area contributed by atoms with Gasteiger partial charge in [0.1, 0.15) is 11.7 Å². The predicted molar refractivity (Wildman–Crippen MR) is 87.1 cm³/mol. The Bertz CT molecular complexity index is 455. The molecule has 0 saturated carbocycles. The van der Waals surface area contributed by atoms with Crippen LogP contribution < -0.4 is 4.74 Å². The lowest BCUT2D eigenvalue weighted by Crippen LogP contribution is -2.33. The monoisotopic (exact) mass is 308 g/mol. The van der Waals surface area contributed by atoms with Gasteiger partial charge in [-0.05, 0) is 37.1 Å². The summed E-state index contributed by atoms with van der Waals surface area (Å²) in [6, 6.07) is 3.63. The van der Waals surface area contributed by atoms with Gasteiger partial charge in [0.2, 0.25) is 5.88 Å². The number of rotatable bonds is 7. The second-order valence-corrected chi connectivity index (χ2v) is 6.40. The molecule has 2 rings (SSSR count). The molecular weight excluding hydrogens is 284 g/mol. The van der Waals surface area contributed by atoms with Gasteiger partial charge < -0.3 is 9.64 Å². The van der Waals surface area contributed by atoms with E-state index in [1.807, 2.05) is 22.7 Å². The van der Waals surface area contributed by atoms with Crippen LogP contribution in [0.3, 0.4) is 0 Å². The molecule has 1 aliphatic rings. The van der Waals surface area contributed by atoms with Gasteiger partial charge in [-0.2, -0.15) is 11.8 Å². The van der Waals surface area contributed by atoms with Crippen LogP contribution in [0, 0.1) is 0 Å². The van der Waals surface area contributed by atoms with Crippen molar-refractivity contribution in [3.05, 3.63) is 23.9 Å². The maximum Gasteiger partial charge on any atom is 0.259 e. The Morgan fingerprint density at radius 1 is 1.43 bits per heavy atom. The van der Waals surface area contributed by atoms with Crippen LogP contribution in [0.2, 0.25) is 0 Å². The molecule has 2 heterocycles. The third kappa shape index (κ3) is 4.37. The molecule has 1 saturated heterocycles. The summed E-state index contributed by atoms with van der Waals surface area (Å²) in [4.78, 5) is 18.9. The smallest absolute Gasteiger partial charge is 0.259 e. The van der Waals surface area contributed by atoms with Crippen LogP contribution in [0.15, 0.2) is 18.3 Å². The highest BCUT2D eigenvalue weighted by molar-refractivity contribution is 7.99. The van der Waals surface area contributed by atoms with E-state index >= 15 is 0 Å². The Kier molecular flexibility index (Phi) is 6.36. The first kappa shape index (κ1) is 16.1. The molecule has 21 heavy (non-hydrogen) atoms. The zero-order chi connectivity index (χ0) is 15.1. The fourth-order valence-electron chi connectivity index (χ4n) is 2.44. The van der Waals surface area contributed by atoms with Crippen LogP contribution in [0.5, 0.6) is 5.88 Å². The quantitative estimate of drug-likeness (QED) is 0.775. The SMILES string of the molecule is CCCN(CCC)C(=O)c1cccnc1OC1CCSC1. The van der Waals surface area contributed by atoms with Crippen LogP contribution in [0.1, 0.15) is 43.5 Å². The molecular formula is C16H24N2O2S. The Balaban J connectivity index is 2.14. The first-order valence-electron chi connectivity index (χ1n) is 7.75. The van der Waals surface area contributed by atoms with Gasteiger partial charge in [0, 0.05) is 25.0 Å². The molecule has 1 aliphatic heterocycles. The number of aromatic nitrogens is 1.